The number of likely N-dealkylation sites (tertiary alicyclic amines) is 1. The summed E-state index contributed by atoms with van der Waals surface area (Å²) in [4.78, 5) is 97.2. The lowest BCUT2D eigenvalue weighted by molar-refractivity contribution is -0.384. The Balaban J connectivity index is 0.716. The van der Waals surface area contributed by atoms with E-state index in [2.05, 4.69) is 73.3 Å². The molecule has 4 atom stereocenters. The Kier molecular flexibility index (Phi) is 25.9. The number of allylic oxidation sites excluding steroid dienone is 1. The Bertz CT molecular complexity index is 4270. The van der Waals surface area contributed by atoms with Crippen molar-refractivity contribution in [3.8, 4) is 22.3 Å². The number of nitrogens with zero attached hydrogens (tertiary/aromatic N) is 7. The van der Waals surface area contributed by atoms with E-state index in [1.807, 2.05) is 120 Å². The summed E-state index contributed by atoms with van der Waals surface area (Å²) in [6, 6.07) is 32.5. The second-order valence-corrected chi connectivity index (χ2v) is 34.3. The van der Waals surface area contributed by atoms with Crippen molar-refractivity contribution in [2.45, 2.75) is 160 Å². The summed E-state index contributed by atoms with van der Waals surface area (Å²) in [6.07, 6.45) is 4.29. The number of aliphatic hydroxyl groups excluding tert-OH is 1. The standard InChI is InChI=1S/C79H98ClN11O10S3/c1-53(55-22-24-57(25-23-55)72-54(2)81-52-103-72)82-75(96)68-46-63(92)50-90(68)76(97)73(77(3,4)5)83-70(93)20-14-11-15-21-71(94)89-43-37-86(38-44-89)36-16-17-59-45-66(84-79(8,9)51-102-64-18-12-10-13-19-64)67(91(98)99)47-69(59)104(100,101)85-74(95)58-28-32-62(33-29-58)88-41-39-87(40-42-88)49-60-48-78(6,7)35-34-65(60)56-26-30-61(80)31-27-56/h10,12-13,18-19,22-33,45,47,52-53,63,68,73,84,92H,11,14-15,20-21,34-44,46,48-51H2,1-9H3,(H,82,96)(H,83,93)(H,85,95)/t53-,63+,68-,73+/m0/s1. The maximum Gasteiger partial charge on any atom is 0.293 e. The number of nitrogens with one attached hydrogen (secondary N) is 4. The van der Waals surface area contributed by atoms with Gasteiger partial charge in [0.2, 0.25) is 23.6 Å². The predicted molar refractivity (Wildman–Crippen MR) is 413 cm³/mol. The summed E-state index contributed by atoms with van der Waals surface area (Å²) in [5.74, 6) is 4.46. The van der Waals surface area contributed by atoms with Gasteiger partial charge in [-0.2, -0.15) is 0 Å². The normalized spacial score (nSPS) is 18.1. The molecule has 0 bridgehead atoms. The molecule has 1 aliphatic carbocycles. The average molecular weight is 1490 g/mol. The summed E-state index contributed by atoms with van der Waals surface area (Å²) >= 11 is 9.37. The molecular weight excluding hydrogens is 1390 g/mol. The Hall–Kier alpha value is -8.15. The van der Waals surface area contributed by atoms with Crippen LogP contribution >= 0.6 is 34.7 Å². The van der Waals surface area contributed by atoms with E-state index >= 15 is 0 Å². The van der Waals surface area contributed by atoms with Gasteiger partial charge in [-0.05, 0) is 147 Å². The summed E-state index contributed by atoms with van der Waals surface area (Å²) in [5.41, 5.74) is 7.96. The lowest BCUT2D eigenvalue weighted by atomic mass is 9.73. The number of hydrogen-bond donors (Lipinski definition) is 5. The molecule has 0 saturated carbocycles. The highest BCUT2D eigenvalue weighted by Gasteiger charge is 2.45. The Morgan fingerprint density at radius 1 is 0.837 bits per heavy atom. The number of halogens is 1. The minimum atomic E-state index is -4.78. The van der Waals surface area contributed by atoms with Gasteiger partial charge in [-0.3, -0.25) is 43.9 Å². The summed E-state index contributed by atoms with van der Waals surface area (Å²) in [7, 11) is -4.78. The lowest BCUT2D eigenvalue weighted by Crippen LogP contribution is -2.57. The third kappa shape index (κ3) is 20.9. The molecule has 5 N–H and O–H groups in total. The van der Waals surface area contributed by atoms with Crippen molar-refractivity contribution in [3.63, 3.8) is 0 Å². The van der Waals surface area contributed by atoms with Crippen LogP contribution in [0.25, 0.3) is 16.0 Å². The van der Waals surface area contributed by atoms with Crippen LogP contribution in [-0.4, -0.2) is 174 Å². The SMILES string of the molecule is Cc1ncsc1-c1ccc([C@H](C)NC(=O)[C@@H]2C[C@@H](O)CN2C(=O)[C@@H](NC(=O)CCCCCC(=O)N2CCN(CC#Cc3cc(NC(C)(C)CSc4ccccc4)c([N+](=O)[O-])cc3S(=O)(=O)NC(=O)c3ccc(N4CCN(CC5=C(c6ccc(Cl)cc6)CCC(C)(C)C5)CC4)cc3)CC2)C(C)(C)C)cc1. The number of aromatic nitrogens is 1. The van der Waals surface area contributed by atoms with E-state index in [0.29, 0.717) is 51.2 Å². The number of hydrogen-bond acceptors (Lipinski definition) is 17. The molecule has 1 aromatic heterocycles. The molecule has 5 amide bonds. The highest BCUT2D eigenvalue weighted by Crippen LogP contribution is 2.43. The van der Waals surface area contributed by atoms with Crippen LogP contribution in [0.1, 0.15) is 152 Å². The van der Waals surface area contributed by atoms with E-state index in [9.17, 15) is 47.6 Å². The maximum absolute atomic E-state index is 14.5. The molecule has 5 aromatic carbocycles. The number of aryl methyl sites for hydroxylation is 1. The van der Waals surface area contributed by atoms with Crippen LogP contribution in [0.4, 0.5) is 17.1 Å². The number of rotatable bonds is 26. The fraction of sp³-hybridized carbons (Fsp3) is 0.468. The van der Waals surface area contributed by atoms with E-state index in [1.54, 1.807) is 57.8 Å². The third-order valence-corrected chi connectivity index (χ3v) is 23.9. The zero-order valence-corrected chi connectivity index (χ0v) is 64.3. The van der Waals surface area contributed by atoms with Gasteiger partial charge in [0.05, 0.1) is 39.7 Å². The number of β-amino-alcohol motifs (C(OH)–C–C–N with tert-alkyl or cyclic N) is 1. The van der Waals surface area contributed by atoms with Crippen molar-refractivity contribution in [2.75, 3.05) is 88.0 Å². The number of amides is 5. The molecule has 0 spiro atoms. The first-order chi connectivity index (χ1) is 49.4. The van der Waals surface area contributed by atoms with E-state index < -0.39 is 72.4 Å². The van der Waals surface area contributed by atoms with Crippen LogP contribution < -0.4 is 25.6 Å². The third-order valence-electron chi connectivity index (χ3n) is 19.9. The number of carbonyl (C=O) groups excluding carboxylic acids is 5. The molecule has 10 rings (SSSR count). The Morgan fingerprint density at radius 3 is 2.15 bits per heavy atom. The van der Waals surface area contributed by atoms with Crippen LogP contribution in [0.3, 0.4) is 0 Å². The summed E-state index contributed by atoms with van der Waals surface area (Å²) in [6.45, 7) is 23.8. The van der Waals surface area contributed by atoms with Crippen molar-refractivity contribution in [1.29, 1.82) is 0 Å². The molecule has 104 heavy (non-hydrogen) atoms. The monoisotopic (exact) mass is 1490 g/mol. The van der Waals surface area contributed by atoms with E-state index in [4.69, 9.17) is 11.6 Å². The van der Waals surface area contributed by atoms with Gasteiger partial charge < -0.3 is 35.8 Å². The summed E-state index contributed by atoms with van der Waals surface area (Å²) < 4.78 is 31.2. The average Bonchev–Trinajstić information content (AvgIpc) is 1.43. The smallest absolute Gasteiger partial charge is 0.293 e. The van der Waals surface area contributed by atoms with Gasteiger partial charge in [0.15, 0.2) is 0 Å². The molecule has 0 radical (unpaired) electrons. The molecule has 3 aliphatic heterocycles. The number of thiazole rings is 1. The largest absolute Gasteiger partial charge is 0.391 e. The van der Waals surface area contributed by atoms with Gasteiger partial charge in [-0.25, -0.2) is 18.1 Å². The Labute approximate surface area is 625 Å². The Morgan fingerprint density at radius 2 is 1.50 bits per heavy atom. The van der Waals surface area contributed by atoms with Gasteiger partial charge in [0.25, 0.3) is 21.6 Å². The molecule has 3 fully saturated rings. The number of thioether (sulfide) groups is 1. The first-order valence-electron chi connectivity index (χ1n) is 35.9. The fourth-order valence-corrected chi connectivity index (χ4v) is 17.0. The van der Waals surface area contributed by atoms with Crippen LogP contribution in [0.2, 0.25) is 5.02 Å². The number of sulfonamides is 1. The van der Waals surface area contributed by atoms with Crippen molar-refractivity contribution in [2.24, 2.45) is 10.8 Å². The van der Waals surface area contributed by atoms with E-state index in [-0.39, 0.29) is 72.4 Å². The second kappa shape index (κ2) is 34.4. The zero-order chi connectivity index (χ0) is 74.7. The first kappa shape index (κ1) is 78.4. The minimum Gasteiger partial charge on any atom is -0.391 e. The number of nitro benzene ring substituents is 1. The van der Waals surface area contributed by atoms with Gasteiger partial charge in [-0.15, -0.1) is 23.1 Å². The van der Waals surface area contributed by atoms with Crippen molar-refractivity contribution < 1.29 is 42.4 Å². The number of nitro groups is 1. The van der Waals surface area contributed by atoms with Crippen LogP contribution in [0.15, 0.2) is 136 Å². The number of piperazine rings is 2. The predicted octanol–water partition coefficient (Wildman–Crippen LogP) is 12.4. The van der Waals surface area contributed by atoms with Crippen molar-refractivity contribution in [1.82, 2.24) is 39.9 Å². The zero-order valence-electron chi connectivity index (χ0n) is 61.1. The summed E-state index contributed by atoms with van der Waals surface area (Å²) in [5, 5.41) is 33.6. The first-order valence-corrected chi connectivity index (χ1v) is 39.6. The molecule has 3 saturated heterocycles. The molecule has 554 valence electrons. The number of aliphatic hydroxyl groups is 1. The van der Waals surface area contributed by atoms with Crippen LogP contribution in [0.5, 0.6) is 0 Å². The van der Waals surface area contributed by atoms with Crippen LogP contribution in [-0.2, 0) is 29.2 Å². The van der Waals surface area contributed by atoms with E-state index in [0.717, 1.165) is 95.4 Å². The number of benzene rings is 5. The van der Waals surface area contributed by atoms with Crippen molar-refractivity contribution in [3.05, 3.63) is 169 Å². The molecule has 4 heterocycles. The van der Waals surface area contributed by atoms with Gasteiger partial charge in [-0.1, -0.05) is 125 Å². The molecule has 25 heteroatoms. The highest BCUT2D eigenvalue weighted by atomic mass is 35.5. The van der Waals surface area contributed by atoms with Crippen LogP contribution in [0, 0.1) is 39.7 Å². The molecular formula is C79H98ClN11O10S3. The van der Waals surface area contributed by atoms with Gasteiger partial charge >= 0.3 is 0 Å². The minimum absolute atomic E-state index is 0.0328. The fourth-order valence-electron chi connectivity index (χ4n) is 13.9. The van der Waals surface area contributed by atoms with Gasteiger partial charge in [0.1, 0.15) is 22.7 Å². The molecule has 6 aromatic rings. The topological polar surface area (TPSA) is 260 Å². The molecule has 0 unspecified atom stereocenters. The highest BCUT2D eigenvalue weighted by molar-refractivity contribution is 7.99. The number of unbranched alkanes of at least 4 members (excludes halogenated alkanes) is 2. The molecule has 4 aliphatic rings. The second-order valence-electron chi connectivity index (χ2n) is 30.3. The van der Waals surface area contributed by atoms with Crippen molar-refractivity contribution >= 4 is 96.9 Å². The quantitative estimate of drug-likeness (QED) is 0.0111. The van der Waals surface area contributed by atoms with E-state index in [1.165, 1.54) is 27.7 Å². The maximum atomic E-state index is 14.5. The lowest BCUT2D eigenvalue weighted by Gasteiger charge is -2.39. The van der Waals surface area contributed by atoms with Gasteiger partial charge in [0, 0.05) is 129 Å². The molecule has 21 nitrogen and oxygen atoms in total. The number of carbonyl (C=O) groups is 5. The number of anilines is 2.